The summed E-state index contributed by atoms with van der Waals surface area (Å²) in [4.78, 5) is 14.0. The van der Waals surface area contributed by atoms with E-state index in [1.165, 1.54) is 28.1 Å². The van der Waals surface area contributed by atoms with Gasteiger partial charge in [0.2, 0.25) is 0 Å². The van der Waals surface area contributed by atoms with Crippen molar-refractivity contribution in [2.75, 3.05) is 18.6 Å². The normalized spacial score (nSPS) is 13.8. The molecular weight excluding hydrogens is 466 g/mol. The Balaban J connectivity index is 1.56. The van der Waals surface area contributed by atoms with E-state index in [0.29, 0.717) is 11.8 Å². The van der Waals surface area contributed by atoms with Crippen LogP contribution in [0.2, 0.25) is 0 Å². The van der Waals surface area contributed by atoms with Crippen LogP contribution in [0.3, 0.4) is 0 Å². The van der Waals surface area contributed by atoms with E-state index in [4.69, 9.17) is 9.97 Å². The Morgan fingerprint density at radius 3 is 2.21 bits per heavy atom. The fourth-order valence-electron chi connectivity index (χ4n) is 5.33. The van der Waals surface area contributed by atoms with Gasteiger partial charge >= 0.3 is 0 Å². The van der Waals surface area contributed by atoms with Crippen LogP contribution in [0.1, 0.15) is 75.6 Å². The smallest absolute Gasteiger partial charge is 0.146 e. The van der Waals surface area contributed by atoms with Crippen molar-refractivity contribution in [3.05, 3.63) is 108 Å². The van der Waals surface area contributed by atoms with E-state index in [1.54, 1.807) is 0 Å². The lowest BCUT2D eigenvalue weighted by molar-refractivity contribution is 0.495. The first-order chi connectivity index (χ1) is 18.2. The van der Waals surface area contributed by atoms with Crippen LogP contribution in [0, 0.1) is 0 Å². The number of nitrogens with zero attached hydrogens (tertiary/aromatic N) is 5. The second-order valence-electron chi connectivity index (χ2n) is 11.5. The molecule has 0 bridgehead atoms. The second kappa shape index (κ2) is 10.1. The molecule has 0 amide bonds. The molecule has 0 saturated heterocycles. The highest BCUT2D eigenvalue weighted by Gasteiger charge is 2.26. The maximum absolute atomic E-state index is 4.84. The third-order valence-electron chi connectivity index (χ3n) is 7.72. The van der Waals surface area contributed by atoms with Crippen molar-refractivity contribution in [3.8, 4) is 17.1 Å². The van der Waals surface area contributed by atoms with Crippen LogP contribution in [-0.2, 0) is 5.41 Å². The van der Waals surface area contributed by atoms with Gasteiger partial charge in [-0.25, -0.2) is 4.98 Å². The summed E-state index contributed by atoms with van der Waals surface area (Å²) in [6.45, 7) is 14.4. The van der Waals surface area contributed by atoms with Crippen LogP contribution in [0.5, 0.6) is 0 Å². The van der Waals surface area contributed by atoms with Gasteiger partial charge < -0.3 is 9.80 Å². The molecule has 0 radical (unpaired) electrons. The highest BCUT2D eigenvalue weighted by Crippen LogP contribution is 2.37. The number of pyridine rings is 1. The van der Waals surface area contributed by atoms with Gasteiger partial charge in [-0.05, 0) is 52.3 Å². The molecule has 1 aliphatic heterocycles. The summed E-state index contributed by atoms with van der Waals surface area (Å²) < 4.78 is 2.26. The minimum atomic E-state index is -0.231. The van der Waals surface area contributed by atoms with Gasteiger partial charge in [0.15, 0.2) is 0 Å². The van der Waals surface area contributed by atoms with Gasteiger partial charge in [0.25, 0.3) is 0 Å². The van der Waals surface area contributed by atoms with Crippen LogP contribution in [0.15, 0.2) is 85.7 Å². The van der Waals surface area contributed by atoms with E-state index >= 15 is 0 Å². The van der Waals surface area contributed by atoms with Gasteiger partial charge in [-0.15, -0.1) is 0 Å². The molecule has 4 aromatic rings. The van der Waals surface area contributed by atoms with Crippen molar-refractivity contribution in [3.63, 3.8) is 0 Å². The fourth-order valence-corrected chi connectivity index (χ4v) is 5.33. The summed E-state index contributed by atoms with van der Waals surface area (Å²) in [6.07, 6.45) is 12.2. The molecule has 0 spiro atoms. The quantitative estimate of drug-likeness (QED) is 0.258. The van der Waals surface area contributed by atoms with Gasteiger partial charge in [0.05, 0.1) is 12.4 Å². The Kier molecular flexibility index (Phi) is 6.87. The first kappa shape index (κ1) is 25.8. The maximum atomic E-state index is 4.84. The number of anilines is 1. The maximum Gasteiger partial charge on any atom is 0.146 e. The lowest BCUT2D eigenvalue weighted by atomic mass is 9.78. The topological polar surface area (TPSA) is 37.2 Å². The third kappa shape index (κ3) is 4.73. The van der Waals surface area contributed by atoms with Gasteiger partial charge in [0, 0.05) is 60.9 Å². The minimum absolute atomic E-state index is 0.231. The molecule has 0 saturated carbocycles. The summed E-state index contributed by atoms with van der Waals surface area (Å²) in [5.41, 5.74) is 8.31. The number of rotatable bonds is 7. The summed E-state index contributed by atoms with van der Waals surface area (Å²) in [7, 11) is 2.09. The van der Waals surface area contributed by atoms with Crippen molar-refractivity contribution in [1.82, 2.24) is 19.4 Å². The van der Waals surface area contributed by atoms with Gasteiger partial charge in [-0.2, -0.15) is 0 Å². The number of imidazole rings is 1. The monoisotopic (exact) mass is 505 g/mol. The van der Waals surface area contributed by atoms with Crippen molar-refractivity contribution < 1.29 is 0 Å². The first-order valence-electron chi connectivity index (χ1n) is 13.5. The van der Waals surface area contributed by atoms with Crippen LogP contribution in [0.25, 0.3) is 17.1 Å². The summed E-state index contributed by atoms with van der Waals surface area (Å²) in [6, 6.07) is 17.8. The molecule has 0 unspecified atom stereocenters. The van der Waals surface area contributed by atoms with Crippen LogP contribution >= 0.6 is 0 Å². The zero-order valence-corrected chi connectivity index (χ0v) is 23.7. The lowest BCUT2D eigenvalue weighted by Gasteiger charge is -2.28. The fraction of sp³-hybridized carbons (Fsp3) is 0.333. The van der Waals surface area contributed by atoms with E-state index in [9.17, 15) is 0 Å². The third-order valence-corrected chi connectivity index (χ3v) is 7.72. The van der Waals surface area contributed by atoms with Crippen molar-refractivity contribution >= 4 is 5.69 Å². The molecule has 0 fully saturated rings. The Morgan fingerprint density at radius 1 is 0.842 bits per heavy atom. The second-order valence-corrected chi connectivity index (χ2v) is 11.5. The van der Waals surface area contributed by atoms with Gasteiger partial charge in [-0.3, -0.25) is 9.55 Å². The predicted octanol–water partition coefficient (Wildman–Crippen LogP) is 7.69. The number of hydrogen-bond donors (Lipinski definition) is 0. The predicted molar refractivity (Wildman–Crippen MR) is 158 cm³/mol. The molecule has 196 valence electrons. The zero-order valence-electron chi connectivity index (χ0n) is 23.7. The van der Waals surface area contributed by atoms with E-state index in [-0.39, 0.29) is 5.41 Å². The molecule has 0 aliphatic carbocycles. The summed E-state index contributed by atoms with van der Waals surface area (Å²) in [5, 5.41) is 0. The highest BCUT2D eigenvalue weighted by molar-refractivity contribution is 5.63. The van der Waals surface area contributed by atoms with Gasteiger partial charge in [-0.1, -0.05) is 71.9 Å². The van der Waals surface area contributed by atoms with E-state index in [0.717, 1.165) is 23.6 Å². The average molecular weight is 506 g/mol. The molecule has 5 heteroatoms. The number of para-hydroxylation sites is 1. The molecule has 0 N–H and O–H groups in total. The Bertz CT molecular complexity index is 1430. The highest BCUT2D eigenvalue weighted by atomic mass is 15.3. The van der Waals surface area contributed by atoms with E-state index in [1.807, 2.05) is 18.6 Å². The SMILES string of the molecule is CC(C)c1cccc(C(C)C)c1-n1ccnc1-c1cncc(C(C)(C)c2cccc(N3C=CN(C)C3)c2)c1. The Hall–Kier alpha value is -3.86. The molecule has 3 heterocycles. The average Bonchev–Trinajstić information content (AvgIpc) is 3.57. The minimum Gasteiger partial charge on any atom is -0.361 e. The van der Waals surface area contributed by atoms with Crippen LogP contribution < -0.4 is 4.90 Å². The molecule has 0 atom stereocenters. The molecule has 5 nitrogen and oxygen atoms in total. The van der Waals surface area contributed by atoms with Crippen molar-refractivity contribution in [2.45, 2.75) is 58.8 Å². The van der Waals surface area contributed by atoms with E-state index < -0.39 is 0 Å². The van der Waals surface area contributed by atoms with E-state index in [2.05, 4.69) is 130 Å². The zero-order chi connectivity index (χ0) is 27.0. The Morgan fingerprint density at radius 2 is 1.55 bits per heavy atom. The van der Waals surface area contributed by atoms with Gasteiger partial charge in [0.1, 0.15) is 5.82 Å². The number of benzene rings is 2. The molecule has 2 aromatic heterocycles. The van der Waals surface area contributed by atoms with Crippen LogP contribution in [0.4, 0.5) is 5.69 Å². The summed E-state index contributed by atoms with van der Waals surface area (Å²) >= 11 is 0. The molecule has 2 aromatic carbocycles. The Labute approximate surface area is 227 Å². The van der Waals surface area contributed by atoms with Crippen molar-refractivity contribution in [2.24, 2.45) is 0 Å². The standard InChI is InChI=1S/C33H39N5/c1-23(2)29-12-9-13-30(24(3)4)31(29)38-15-14-35-32(38)25-18-27(21-34-20-25)33(5,6)26-10-8-11-28(19-26)37-17-16-36(7)22-37/h8-21,23-24H,22H2,1-7H3. The molecular formula is C33H39N5. The molecule has 1 aliphatic rings. The number of hydrogen-bond acceptors (Lipinski definition) is 4. The largest absolute Gasteiger partial charge is 0.361 e. The first-order valence-corrected chi connectivity index (χ1v) is 13.5. The molecule has 38 heavy (non-hydrogen) atoms. The molecule has 5 rings (SSSR count). The summed E-state index contributed by atoms with van der Waals surface area (Å²) in [5.74, 6) is 1.73. The number of aromatic nitrogens is 3. The lowest BCUT2D eigenvalue weighted by Crippen LogP contribution is -2.23. The van der Waals surface area contributed by atoms with Crippen molar-refractivity contribution in [1.29, 1.82) is 0 Å². The van der Waals surface area contributed by atoms with Crippen LogP contribution in [-0.4, -0.2) is 33.2 Å².